The van der Waals surface area contributed by atoms with Crippen LogP contribution in [0.4, 0.5) is 26.9 Å². The van der Waals surface area contributed by atoms with E-state index in [2.05, 4.69) is 16.0 Å². The lowest BCUT2D eigenvalue weighted by Crippen LogP contribution is -2.43. The fourth-order valence-electron chi connectivity index (χ4n) is 3.45. The van der Waals surface area contributed by atoms with Crippen molar-refractivity contribution in [2.24, 2.45) is 5.92 Å². The number of amides is 3. The number of piperidine rings is 1. The van der Waals surface area contributed by atoms with Crippen molar-refractivity contribution >= 4 is 45.3 Å². The Labute approximate surface area is 179 Å². The fourth-order valence-corrected chi connectivity index (χ4v) is 4.06. The molecule has 0 bridgehead atoms. The molecule has 30 heavy (non-hydrogen) atoms. The number of nitrogens with one attached hydrogen (secondary N) is 3. The Morgan fingerprint density at radius 2 is 1.47 bits per heavy atom. The number of benzene rings is 2. The van der Waals surface area contributed by atoms with Crippen LogP contribution in [-0.4, -0.2) is 29.9 Å². The minimum absolute atomic E-state index is 0.0112. The molecule has 6 nitrogen and oxygen atoms in total. The van der Waals surface area contributed by atoms with E-state index in [0.717, 1.165) is 22.1 Å². The Balaban J connectivity index is 1.25. The third-order valence-electron chi connectivity index (χ3n) is 5.12. The van der Waals surface area contributed by atoms with Crippen molar-refractivity contribution in [3.63, 3.8) is 0 Å². The minimum atomic E-state index is -0.0992. The molecule has 3 amide bonds. The van der Waals surface area contributed by atoms with E-state index in [1.807, 2.05) is 72.1 Å². The average Bonchev–Trinajstić information content (AvgIpc) is 3.29. The van der Waals surface area contributed by atoms with Gasteiger partial charge < -0.3 is 15.5 Å². The predicted octanol–water partition coefficient (Wildman–Crippen LogP) is 5.37. The topological polar surface area (TPSA) is 73.5 Å². The number of rotatable bonds is 5. The van der Waals surface area contributed by atoms with Crippen LogP contribution in [0.1, 0.15) is 12.8 Å². The third kappa shape index (κ3) is 5.18. The summed E-state index contributed by atoms with van der Waals surface area (Å²) in [4.78, 5) is 26.7. The van der Waals surface area contributed by atoms with Crippen LogP contribution in [-0.2, 0) is 4.79 Å². The number of anilines is 4. The highest BCUT2D eigenvalue weighted by molar-refractivity contribution is 7.14. The molecule has 0 saturated carbocycles. The van der Waals surface area contributed by atoms with Crippen LogP contribution < -0.4 is 16.0 Å². The Bertz CT molecular complexity index is 966. The highest BCUT2D eigenvalue weighted by atomic mass is 32.1. The summed E-state index contributed by atoms with van der Waals surface area (Å²) >= 11 is 1.50. The minimum Gasteiger partial charge on any atom is -0.356 e. The first-order valence-corrected chi connectivity index (χ1v) is 10.9. The molecule has 0 atom stereocenters. The summed E-state index contributed by atoms with van der Waals surface area (Å²) in [6.07, 6.45) is 1.33. The number of para-hydroxylation sites is 1. The van der Waals surface area contributed by atoms with Crippen molar-refractivity contribution in [2.45, 2.75) is 12.8 Å². The Kier molecular flexibility index (Phi) is 6.29. The highest BCUT2D eigenvalue weighted by Gasteiger charge is 2.27. The Morgan fingerprint density at radius 1 is 0.800 bits per heavy atom. The zero-order valence-corrected chi connectivity index (χ0v) is 17.3. The highest BCUT2D eigenvalue weighted by Crippen LogP contribution is 2.23. The lowest BCUT2D eigenvalue weighted by atomic mass is 9.96. The van der Waals surface area contributed by atoms with E-state index in [4.69, 9.17) is 0 Å². The van der Waals surface area contributed by atoms with Gasteiger partial charge in [-0.15, -0.1) is 11.3 Å². The van der Waals surface area contributed by atoms with Gasteiger partial charge in [-0.3, -0.25) is 10.1 Å². The van der Waals surface area contributed by atoms with Crippen LogP contribution in [0.3, 0.4) is 0 Å². The number of nitrogens with zero attached hydrogens (tertiary/aromatic N) is 1. The predicted molar refractivity (Wildman–Crippen MR) is 122 cm³/mol. The van der Waals surface area contributed by atoms with Crippen LogP contribution in [0.2, 0.25) is 0 Å². The molecule has 1 fully saturated rings. The Hall–Kier alpha value is -3.32. The summed E-state index contributed by atoms with van der Waals surface area (Å²) in [5.74, 6) is -0.0741. The monoisotopic (exact) mass is 420 g/mol. The van der Waals surface area contributed by atoms with E-state index in [-0.39, 0.29) is 17.9 Å². The van der Waals surface area contributed by atoms with Gasteiger partial charge in [-0.1, -0.05) is 18.2 Å². The Morgan fingerprint density at radius 3 is 2.13 bits per heavy atom. The van der Waals surface area contributed by atoms with E-state index >= 15 is 0 Å². The van der Waals surface area contributed by atoms with Crippen molar-refractivity contribution in [1.29, 1.82) is 0 Å². The molecule has 1 aromatic heterocycles. The molecule has 0 radical (unpaired) electrons. The lowest BCUT2D eigenvalue weighted by molar-refractivity contribution is -0.121. The number of carbonyl (C=O) groups is 2. The maximum absolute atomic E-state index is 12.6. The molecule has 2 heterocycles. The van der Waals surface area contributed by atoms with Crippen LogP contribution in [0.25, 0.3) is 0 Å². The molecular formula is C23H24N4O2S. The summed E-state index contributed by atoms with van der Waals surface area (Å²) in [6.45, 7) is 1.16. The SMILES string of the molecule is O=C(Nc1ccc(Nc2ccccc2)cc1)C1CCN(C(=O)Nc2cccs2)CC1. The van der Waals surface area contributed by atoms with Gasteiger partial charge in [0.25, 0.3) is 0 Å². The first kappa shape index (κ1) is 20.0. The van der Waals surface area contributed by atoms with E-state index < -0.39 is 0 Å². The summed E-state index contributed by atoms with van der Waals surface area (Å²) in [6, 6.07) is 21.3. The van der Waals surface area contributed by atoms with Crippen molar-refractivity contribution in [1.82, 2.24) is 4.90 Å². The molecule has 1 saturated heterocycles. The van der Waals surface area contributed by atoms with Crippen molar-refractivity contribution < 1.29 is 9.59 Å². The van der Waals surface area contributed by atoms with Gasteiger partial charge in [0, 0.05) is 36.1 Å². The lowest BCUT2D eigenvalue weighted by Gasteiger charge is -2.31. The molecule has 1 aliphatic rings. The van der Waals surface area contributed by atoms with Crippen molar-refractivity contribution in [3.8, 4) is 0 Å². The van der Waals surface area contributed by atoms with Crippen LogP contribution in [0, 0.1) is 5.92 Å². The van der Waals surface area contributed by atoms with E-state index in [9.17, 15) is 9.59 Å². The van der Waals surface area contributed by atoms with Crippen LogP contribution in [0.5, 0.6) is 0 Å². The second-order valence-corrected chi connectivity index (χ2v) is 8.17. The molecular weight excluding hydrogens is 396 g/mol. The molecule has 7 heteroatoms. The van der Waals surface area contributed by atoms with Crippen molar-refractivity contribution in [3.05, 3.63) is 72.1 Å². The number of carbonyl (C=O) groups excluding carboxylic acids is 2. The molecule has 0 aliphatic carbocycles. The molecule has 3 aromatic rings. The number of thiophene rings is 1. The summed E-state index contributed by atoms with van der Waals surface area (Å²) in [7, 11) is 0. The van der Waals surface area contributed by atoms with Gasteiger partial charge in [-0.2, -0.15) is 0 Å². The third-order valence-corrected chi connectivity index (χ3v) is 5.90. The van der Waals surface area contributed by atoms with Crippen LogP contribution in [0.15, 0.2) is 72.1 Å². The van der Waals surface area contributed by atoms with Gasteiger partial charge in [0.15, 0.2) is 0 Å². The molecule has 3 N–H and O–H groups in total. The molecule has 4 rings (SSSR count). The van der Waals surface area contributed by atoms with E-state index in [1.54, 1.807) is 4.90 Å². The fraction of sp³-hybridized carbons (Fsp3) is 0.217. The van der Waals surface area contributed by atoms with Gasteiger partial charge in [0.2, 0.25) is 5.91 Å². The van der Waals surface area contributed by atoms with Gasteiger partial charge in [-0.05, 0) is 66.8 Å². The standard InChI is InChI=1S/C23H24N4O2S/c28-22(17-12-14-27(15-13-17)23(29)26-21-7-4-16-30-21)25-20-10-8-19(9-11-20)24-18-5-2-1-3-6-18/h1-11,16-17,24H,12-15H2,(H,25,28)(H,26,29). The molecule has 0 spiro atoms. The molecule has 1 aliphatic heterocycles. The van der Waals surface area contributed by atoms with Crippen LogP contribution >= 0.6 is 11.3 Å². The molecule has 0 unspecified atom stereocenters. The average molecular weight is 421 g/mol. The zero-order valence-electron chi connectivity index (χ0n) is 16.5. The summed E-state index contributed by atoms with van der Waals surface area (Å²) in [5, 5.41) is 12.0. The van der Waals surface area contributed by atoms with Gasteiger partial charge >= 0.3 is 6.03 Å². The number of likely N-dealkylation sites (tertiary alicyclic amines) is 1. The number of urea groups is 1. The summed E-state index contributed by atoms with van der Waals surface area (Å²) in [5.41, 5.74) is 2.75. The number of hydrogen-bond acceptors (Lipinski definition) is 4. The summed E-state index contributed by atoms with van der Waals surface area (Å²) < 4.78 is 0. The number of hydrogen-bond donors (Lipinski definition) is 3. The first-order valence-electron chi connectivity index (χ1n) is 10.00. The molecule has 2 aromatic carbocycles. The second kappa shape index (κ2) is 9.45. The smallest absolute Gasteiger partial charge is 0.322 e. The normalized spacial score (nSPS) is 14.2. The van der Waals surface area contributed by atoms with Gasteiger partial charge in [0.1, 0.15) is 0 Å². The first-order chi connectivity index (χ1) is 14.7. The van der Waals surface area contributed by atoms with Gasteiger partial charge in [-0.25, -0.2) is 4.79 Å². The maximum atomic E-state index is 12.6. The van der Waals surface area contributed by atoms with E-state index in [1.165, 1.54) is 11.3 Å². The largest absolute Gasteiger partial charge is 0.356 e. The maximum Gasteiger partial charge on any atom is 0.322 e. The van der Waals surface area contributed by atoms with Crippen molar-refractivity contribution in [2.75, 3.05) is 29.0 Å². The van der Waals surface area contributed by atoms with Gasteiger partial charge in [0.05, 0.1) is 5.00 Å². The second-order valence-electron chi connectivity index (χ2n) is 7.23. The molecule has 154 valence electrons. The van der Waals surface area contributed by atoms with E-state index in [0.29, 0.717) is 25.9 Å². The quantitative estimate of drug-likeness (QED) is 0.519. The zero-order chi connectivity index (χ0) is 20.8.